The summed E-state index contributed by atoms with van der Waals surface area (Å²) in [6.07, 6.45) is 5.40. The Labute approximate surface area is 214 Å². The molecule has 2 saturated heterocycles. The van der Waals surface area contributed by atoms with E-state index in [0.717, 1.165) is 12.8 Å². The van der Waals surface area contributed by atoms with E-state index in [1.54, 1.807) is 23.2 Å². The number of halogens is 1. The van der Waals surface area contributed by atoms with Gasteiger partial charge in [-0.3, -0.25) is 10.00 Å². The standard InChI is InChI=1S/C26H31FN6O4/c1-25-7-8-26(2,33(25)24(34)35)12-17(11-25)32(3)23-6-5-21(30-31-23)19-9-20(27)18(16-13-28-29-14-16)10-22(19)37-15-36-4/h5-6,9-10,13-14,17H,7-8,11-12,15H2,1-4H3,(H,28,29)(H,34,35)/t17-,25-,26+. The normalized spacial score (nSPS) is 24.8. The smallest absolute Gasteiger partial charge is 0.408 e. The topological polar surface area (TPSA) is 117 Å². The highest BCUT2D eigenvalue weighted by atomic mass is 19.1. The van der Waals surface area contributed by atoms with Gasteiger partial charge in [0.1, 0.15) is 11.6 Å². The lowest BCUT2D eigenvalue weighted by atomic mass is 9.82. The molecule has 3 atom stereocenters. The molecule has 37 heavy (non-hydrogen) atoms. The number of methoxy groups -OCH3 is 1. The molecular formula is C26H31FN6O4. The molecule has 2 aromatic heterocycles. The Morgan fingerprint density at radius 1 is 1.22 bits per heavy atom. The molecule has 2 aliphatic rings. The summed E-state index contributed by atoms with van der Waals surface area (Å²) in [6, 6.07) is 6.72. The van der Waals surface area contributed by atoms with Crippen molar-refractivity contribution in [3.8, 4) is 28.1 Å². The van der Waals surface area contributed by atoms with Crippen LogP contribution in [0, 0.1) is 5.82 Å². The average Bonchev–Trinajstić information content (AvgIpc) is 3.46. The molecule has 1 amide bonds. The zero-order valence-electron chi connectivity index (χ0n) is 21.4. The quantitative estimate of drug-likeness (QED) is 0.445. The monoisotopic (exact) mass is 510 g/mol. The number of hydrogen-bond donors (Lipinski definition) is 2. The first-order chi connectivity index (χ1) is 17.6. The molecule has 2 aliphatic heterocycles. The van der Waals surface area contributed by atoms with Crippen molar-refractivity contribution in [3.63, 3.8) is 0 Å². The van der Waals surface area contributed by atoms with E-state index in [9.17, 15) is 9.90 Å². The third-order valence-electron chi connectivity index (χ3n) is 7.87. The highest BCUT2D eigenvalue weighted by Crippen LogP contribution is 2.51. The second-order valence-electron chi connectivity index (χ2n) is 10.4. The van der Waals surface area contributed by atoms with Gasteiger partial charge in [0.2, 0.25) is 0 Å². The first-order valence-electron chi connectivity index (χ1n) is 12.2. The third kappa shape index (κ3) is 4.37. The molecule has 0 aliphatic carbocycles. The molecule has 0 spiro atoms. The lowest BCUT2D eigenvalue weighted by molar-refractivity contribution is 0.0131. The number of nitrogens with one attached hydrogen (secondary N) is 1. The Hall–Kier alpha value is -3.73. The minimum Gasteiger partial charge on any atom is -0.467 e. The minimum atomic E-state index is -0.856. The van der Waals surface area contributed by atoms with Crippen LogP contribution in [0.4, 0.5) is 15.0 Å². The number of rotatable bonds is 7. The van der Waals surface area contributed by atoms with E-state index >= 15 is 4.39 Å². The maximum Gasteiger partial charge on any atom is 0.408 e. The second-order valence-corrected chi connectivity index (χ2v) is 10.4. The summed E-state index contributed by atoms with van der Waals surface area (Å²) in [5, 5.41) is 25.3. The summed E-state index contributed by atoms with van der Waals surface area (Å²) in [5.41, 5.74) is 1.04. The molecule has 0 saturated carbocycles. The number of benzene rings is 1. The van der Waals surface area contributed by atoms with Gasteiger partial charge in [-0.1, -0.05) is 0 Å². The van der Waals surface area contributed by atoms with Gasteiger partial charge in [0.15, 0.2) is 12.6 Å². The van der Waals surface area contributed by atoms with Crippen LogP contribution in [-0.2, 0) is 4.74 Å². The zero-order chi connectivity index (χ0) is 26.4. The summed E-state index contributed by atoms with van der Waals surface area (Å²) in [7, 11) is 3.47. The lowest BCUT2D eigenvalue weighted by Crippen LogP contribution is -2.62. The first kappa shape index (κ1) is 24.9. The fourth-order valence-corrected chi connectivity index (χ4v) is 6.08. The summed E-state index contributed by atoms with van der Waals surface area (Å²) < 4.78 is 25.9. The van der Waals surface area contributed by atoms with Crippen LogP contribution in [0.15, 0.2) is 36.7 Å². The van der Waals surface area contributed by atoms with Gasteiger partial charge in [-0.25, -0.2) is 9.18 Å². The van der Waals surface area contributed by atoms with Gasteiger partial charge in [-0.2, -0.15) is 5.10 Å². The van der Waals surface area contributed by atoms with Crippen LogP contribution in [0.2, 0.25) is 0 Å². The molecule has 3 aromatic rings. The van der Waals surface area contributed by atoms with E-state index < -0.39 is 23.0 Å². The molecule has 4 heterocycles. The van der Waals surface area contributed by atoms with Crippen LogP contribution < -0.4 is 9.64 Å². The van der Waals surface area contributed by atoms with Crippen molar-refractivity contribution in [1.29, 1.82) is 0 Å². The van der Waals surface area contributed by atoms with Crippen molar-refractivity contribution in [2.75, 3.05) is 25.9 Å². The molecule has 2 N–H and O–H groups in total. The van der Waals surface area contributed by atoms with Crippen molar-refractivity contribution in [2.45, 2.75) is 56.7 Å². The largest absolute Gasteiger partial charge is 0.467 e. The van der Waals surface area contributed by atoms with Gasteiger partial charge in [0, 0.05) is 54.2 Å². The van der Waals surface area contributed by atoms with Gasteiger partial charge >= 0.3 is 6.09 Å². The Morgan fingerprint density at radius 3 is 2.51 bits per heavy atom. The van der Waals surface area contributed by atoms with E-state index in [1.165, 1.54) is 19.4 Å². The number of amides is 1. The maximum atomic E-state index is 15.1. The van der Waals surface area contributed by atoms with E-state index in [2.05, 4.69) is 25.3 Å². The number of aromatic nitrogens is 4. The fraction of sp³-hybridized carbons (Fsp3) is 0.462. The Morgan fingerprint density at radius 2 is 1.95 bits per heavy atom. The van der Waals surface area contributed by atoms with Crippen molar-refractivity contribution in [3.05, 3.63) is 42.5 Å². The molecule has 2 bridgehead atoms. The van der Waals surface area contributed by atoms with E-state index in [-0.39, 0.29) is 12.8 Å². The SMILES string of the molecule is COCOc1cc(-c2cn[nH]c2)c(F)cc1-c1ccc(N(C)[C@H]2C[C@]3(C)CC[C@](C)(C2)N3C(=O)O)nn1. The molecule has 0 radical (unpaired) electrons. The van der Waals surface area contributed by atoms with Crippen molar-refractivity contribution >= 4 is 11.9 Å². The molecule has 11 heteroatoms. The Kier molecular flexibility index (Phi) is 6.26. The van der Waals surface area contributed by atoms with Gasteiger partial charge in [0.05, 0.1) is 11.9 Å². The van der Waals surface area contributed by atoms with Crippen LogP contribution in [-0.4, -0.2) is 74.6 Å². The number of H-pyrrole nitrogens is 1. The Balaban J connectivity index is 1.41. The number of carboxylic acid groups (broad SMARTS) is 1. The van der Waals surface area contributed by atoms with E-state index in [1.807, 2.05) is 27.0 Å². The van der Waals surface area contributed by atoms with Gasteiger partial charge in [-0.15, -0.1) is 10.2 Å². The molecular weight excluding hydrogens is 479 g/mol. The van der Waals surface area contributed by atoms with Crippen molar-refractivity contribution < 1.29 is 23.8 Å². The van der Waals surface area contributed by atoms with Crippen molar-refractivity contribution in [2.24, 2.45) is 0 Å². The average molecular weight is 511 g/mol. The lowest BCUT2D eigenvalue weighted by Gasteiger charge is -2.51. The number of piperidine rings is 1. The van der Waals surface area contributed by atoms with E-state index in [0.29, 0.717) is 46.8 Å². The van der Waals surface area contributed by atoms with Crippen LogP contribution >= 0.6 is 0 Å². The van der Waals surface area contributed by atoms with Gasteiger partial charge in [0.25, 0.3) is 0 Å². The van der Waals surface area contributed by atoms with Crippen LogP contribution in [0.3, 0.4) is 0 Å². The maximum absolute atomic E-state index is 15.1. The summed E-state index contributed by atoms with van der Waals surface area (Å²) >= 11 is 0. The van der Waals surface area contributed by atoms with Crippen LogP contribution in [0.1, 0.15) is 39.5 Å². The summed E-state index contributed by atoms with van der Waals surface area (Å²) in [5.74, 6) is 0.638. The molecule has 0 unspecified atom stereocenters. The molecule has 10 nitrogen and oxygen atoms in total. The Bertz CT molecular complexity index is 1270. The molecule has 2 fully saturated rings. The summed E-state index contributed by atoms with van der Waals surface area (Å²) in [4.78, 5) is 15.7. The van der Waals surface area contributed by atoms with Crippen molar-refractivity contribution in [1.82, 2.24) is 25.3 Å². The zero-order valence-corrected chi connectivity index (χ0v) is 21.4. The molecule has 196 valence electrons. The number of aromatic amines is 1. The fourth-order valence-electron chi connectivity index (χ4n) is 6.08. The number of nitrogens with zero attached hydrogens (tertiary/aromatic N) is 5. The number of anilines is 1. The van der Waals surface area contributed by atoms with Crippen LogP contribution in [0.25, 0.3) is 22.4 Å². The highest BCUT2D eigenvalue weighted by molar-refractivity contribution is 5.75. The number of ether oxygens (including phenoxy) is 2. The number of fused-ring (bicyclic) bond motifs is 2. The predicted octanol–water partition coefficient (Wildman–Crippen LogP) is 4.55. The van der Waals surface area contributed by atoms with Crippen LogP contribution in [0.5, 0.6) is 5.75 Å². The summed E-state index contributed by atoms with van der Waals surface area (Å²) in [6.45, 7) is 4.05. The first-order valence-corrected chi connectivity index (χ1v) is 12.2. The number of carbonyl (C=O) groups is 1. The predicted molar refractivity (Wildman–Crippen MR) is 135 cm³/mol. The van der Waals surface area contributed by atoms with Gasteiger partial charge in [-0.05, 0) is 63.8 Å². The van der Waals surface area contributed by atoms with E-state index in [4.69, 9.17) is 9.47 Å². The molecule has 1 aromatic carbocycles. The second kappa shape index (κ2) is 9.29. The highest BCUT2D eigenvalue weighted by Gasteiger charge is 2.58. The minimum absolute atomic E-state index is 0.00964. The van der Waals surface area contributed by atoms with Gasteiger partial charge < -0.3 is 19.5 Å². The molecule has 5 rings (SSSR count). The third-order valence-corrected chi connectivity index (χ3v) is 7.87. The number of hydrogen-bond acceptors (Lipinski definition) is 7.